The second kappa shape index (κ2) is 7.47. The van der Waals surface area contributed by atoms with Gasteiger partial charge in [0.05, 0.1) is 0 Å². The third kappa shape index (κ3) is 3.75. The molecule has 6 heteroatoms. The van der Waals surface area contributed by atoms with Crippen LogP contribution in [0, 0.1) is 13.8 Å². The van der Waals surface area contributed by atoms with Gasteiger partial charge < -0.3 is 5.11 Å². The van der Waals surface area contributed by atoms with Crippen molar-refractivity contribution in [2.45, 2.75) is 19.4 Å². The highest BCUT2D eigenvalue weighted by Gasteiger charge is 2.40. The minimum absolute atomic E-state index is 0.298. The lowest BCUT2D eigenvalue weighted by molar-refractivity contribution is -0.140. The maximum atomic E-state index is 12.6. The Kier molecular flexibility index (Phi) is 5.59. The van der Waals surface area contributed by atoms with Crippen LogP contribution in [0.5, 0.6) is 0 Å². The van der Waals surface area contributed by atoms with Gasteiger partial charge in [-0.15, -0.1) is 11.6 Å². The van der Waals surface area contributed by atoms with Crippen molar-refractivity contribution in [2.75, 3.05) is 5.88 Å². The quantitative estimate of drug-likeness (QED) is 0.584. The lowest BCUT2D eigenvalue weighted by atomic mass is 9.85. The largest absolute Gasteiger partial charge is 0.372 e. The van der Waals surface area contributed by atoms with Gasteiger partial charge in [0.25, 0.3) is 11.8 Å². The molecule has 0 fully saturated rings. The number of hydrogen-bond acceptors (Lipinski definition) is 3. The number of nitrogens with one attached hydrogen (secondary N) is 2. The Bertz CT molecular complexity index is 681. The van der Waals surface area contributed by atoms with Gasteiger partial charge in [0.1, 0.15) is 5.88 Å². The molecule has 0 aromatic heterocycles. The molecular weight excluding hydrogens is 328 g/mol. The van der Waals surface area contributed by atoms with Gasteiger partial charge >= 0.3 is 0 Å². The van der Waals surface area contributed by atoms with Crippen LogP contribution in [0.1, 0.15) is 22.3 Å². The van der Waals surface area contributed by atoms with E-state index in [1.54, 1.807) is 48.5 Å². The summed E-state index contributed by atoms with van der Waals surface area (Å²) in [5, 5.41) is 11.2. The molecule has 0 saturated carbocycles. The predicted octanol–water partition coefficient (Wildman–Crippen LogP) is 1.93. The molecule has 0 spiro atoms. The summed E-state index contributed by atoms with van der Waals surface area (Å²) in [6.07, 6.45) is 0. The number of halogens is 1. The first-order chi connectivity index (χ1) is 11.4. The number of carbonyl (C=O) groups excluding carboxylic acids is 2. The average molecular weight is 347 g/mol. The van der Waals surface area contributed by atoms with E-state index in [9.17, 15) is 14.7 Å². The number of hydrazine groups is 1. The van der Waals surface area contributed by atoms with Crippen LogP contribution in [0.4, 0.5) is 0 Å². The molecule has 5 nitrogen and oxygen atoms in total. The lowest BCUT2D eigenvalue weighted by Gasteiger charge is -2.28. The highest BCUT2D eigenvalue weighted by atomic mass is 35.5. The number of alkyl halides is 1. The molecule has 0 aliphatic rings. The number of hydrogen-bond donors (Lipinski definition) is 3. The second-order valence-electron chi connectivity index (χ2n) is 5.58. The highest BCUT2D eigenvalue weighted by Crippen LogP contribution is 2.30. The van der Waals surface area contributed by atoms with Gasteiger partial charge in [-0.2, -0.15) is 0 Å². The van der Waals surface area contributed by atoms with Crippen molar-refractivity contribution in [1.29, 1.82) is 0 Å². The van der Waals surface area contributed by atoms with E-state index in [0.29, 0.717) is 11.1 Å². The van der Waals surface area contributed by atoms with Gasteiger partial charge in [-0.25, -0.2) is 0 Å². The predicted molar refractivity (Wildman–Crippen MR) is 92.4 cm³/mol. The molecule has 2 amide bonds. The fourth-order valence-corrected chi connectivity index (χ4v) is 2.34. The topological polar surface area (TPSA) is 78.4 Å². The van der Waals surface area contributed by atoms with E-state index in [-0.39, 0.29) is 5.88 Å². The normalized spacial score (nSPS) is 11.0. The SMILES string of the molecule is Cc1ccc(C(O)(C(=O)NNC(=O)CCl)c2ccc(C)cc2)cc1. The first-order valence-corrected chi connectivity index (χ1v) is 7.93. The van der Waals surface area contributed by atoms with Crippen LogP contribution in [-0.4, -0.2) is 22.8 Å². The van der Waals surface area contributed by atoms with Crippen LogP contribution >= 0.6 is 11.6 Å². The van der Waals surface area contributed by atoms with E-state index in [4.69, 9.17) is 11.6 Å². The third-order valence-electron chi connectivity index (χ3n) is 3.70. The highest BCUT2D eigenvalue weighted by molar-refractivity contribution is 6.27. The van der Waals surface area contributed by atoms with E-state index in [0.717, 1.165) is 11.1 Å². The standard InChI is InChI=1S/C18H19ClN2O3/c1-12-3-7-14(8-4-12)18(24,15-9-5-13(2)6-10-15)17(23)21-20-16(22)11-19/h3-10,24H,11H2,1-2H3,(H,20,22)(H,21,23). The molecule has 0 bridgehead atoms. The van der Waals surface area contributed by atoms with Gasteiger partial charge in [0, 0.05) is 0 Å². The Morgan fingerprint density at radius 1 is 0.917 bits per heavy atom. The van der Waals surface area contributed by atoms with Crippen LogP contribution < -0.4 is 10.9 Å². The number of aliphatic hydroxyl groups is 1. The van der Waals surface area contributed by atoms with E-state index in [2.05, 4.69) is 10.9 Å². The first-order valence-electron chi connectivity index (χ1n) is 7.40. The van der Waals surface area contributed by atoms with Crippen molar-refractivity contribution in [2.24, 2.45) is 0 Å². The van der Waals surface area contributed by atoms with Crippen LogP contribution in [0.25, 0.3) is 0 Å². The summed E-state index contributed by atoms with van der Waals surface area (Å²) in [5.41, 5.74) is 5.25. The monoisotopic (exact) mass is 346 g/mol. The van der Waals surface area contributed by atoms with Crippen molar-refractivity contribution < 1.29 is 14.7 Å². The van der Waals surface area contributed by atoms with E-state index >= 15 is 0 Å². The van der Waals surface area contributed by atoms with Crippen molar-refractivity contribution in [1.82, 2.24) is 10.9 Å². The summed E-state index contributed by atoms with van der Waals surface area (Å²) in [7, 11) is 0. The zero-order chi connectivity index (χ0) is 17.7. The van der Waals surface area contributed by atoms with Crippen molar-refractivity contribution in [3.05, 3.63) is 70.8 Å². The summed E-state index contributed by atoms with van der Waals surface area (Å²) in [5.74, 6) is -1.64. The van der Waals surface area contributed by atoms with E-state index in [1.165, 1.54) is 0 Å². The molecule has 126 valence electrons. The molecule has 24 heavy (non-hydrogen) atoms. The van der Waals surface area contributed by atoms with E-state index < -0.39 is 17.4 Å². The minimum atomic E-state index is -1.94. The van der Waals surface area contributed by atoms with Gasteiger partial charge in [-0.05, 0) is 25.0 Å². The summed E-state index contributed by atoms with van der Waals surface area (Å²) in [6.45, 7) is 3.82. The van der Waals surface area contributed by atoms with Crippen LogP contribution in [0.15, 0.2) is 48.5 Å². The van der Waals surface area contributed by atoms with Crippen LogP contribution in [-0.2, 0) is 15.2 Å². The second-order valence-corrected chi connectivity index (χ2v) is 5.85. The molecule has 0 aliphatic carbocycles. The molecule has 0 radical (unpaired) electrons. The molecular formula is C18H19ClN2O3. The number of rotatable bonds is 4. The van der Waals surface area contributed by atoms with Gasteiger partial charge in [-0.1, -0.05) is 59.7 Å². The minimum Gasteiger partial charge on any atom is -0.372 e. The zero-order valence-electron chi connectivity index (χ0n) is 13.5. The Balaban J connectivity index is 2.44. The Hall–Kier alpha value is -2.37. The molecule has 0 unspecified atom stereocenters. The summed E-state index contributed by atoms with van der Waals surface area (Å²) >= 11 is 5.39. The van der Waals surface area contributed by atoms with Crippen LogP contribution in [0.3, 0.4) is 0 Å². The maximum Gasteiger partial charge on any atom is 0.279 e. The lowest BCUT2D eigenvalue weighted by Crippen LogP contribution is -2.52. The van der Waals surface area contributed by atoms with Crippen molar-refractivity contribution >= 4 is 23.4 Å². The maximum absolute atomic E-state index is 12.6. The van der Waals surface area contributed by atoms with Gasteiger partial charge in [0.2, 0.25) is 0 Å². The molecule has 2 rings (SSSR count). The number of aryl methyl sites for hydroxylation is 2. The van der Waals surface area contributed by atoms with Crippen LogP contribution in [0.2, 0.25) is 0 Å². The summed E-state index contributed by atoms with van der Waals surface area (Å²) < 4.78 is 0. The third-order valence-corrected chi connectivity index (χ3v) is 3.95. The molecule has 2 aromatic rings. The van der Waals surface area contributed by atoms with E-state index in [1.807, 2.05) is 13.8 Å². The number of benzene rings is 2. The molecule has 0 aliphatic heterocycles. The summed E-state index contributed by atoms with van der Waals surface area (Å²) in [4.78, 5) is 23.9. The Morgan fingerprint density at radius 2 is 1.33 bits per heavy atom. The Labute approximate surface area is 145 Å². The van der Waals surface area contributed by atoms with Gasteiger partial charge in [0.15, 0.2) is 5.60 Å². The average Bonchev–Trinajstić information content (AvgIpc) is 2.59. The summed E-state index contributed by atoms with van der Waals surface area (Å²) in [6, 6.07) is 13.9. The fraction of sp³-hybridized carbons (Fsp3) is 0.222. The number of carbonyl (C=O) groups is 2. The van der Waals surface area contributed by atoms with Crippen molar-refractivity contribution in [3.8, 4) is 0 Å². The smallest absolute Gasteiger partial charge is 0.279 e. The molecule has 0 saturated heterocycles. The Morgan fingerprint density at radius 3 is 1.71 bits per heavy atom. The van der Waals surface area contributed by atoms with Gasteiger partial charge in [-0.3, -0.25) is 20.4 Å². The number of amides is 2. The molecule has 0 heterocycles. The zero-order valence-corrected chi connectivity index (χ0v) is 14.2. The molecule has 0 atom stereocenters. The first kappa shape index (κ1) is 18.0. The van der Waals surface area contributed by atoms with Crippen molar-refractivity contribution in [3.63, 3.8) is 0 Å². The molecule has 2 aromatic carbocycles. The molecule has 3 N–H and O–H groups in total. The fourth-order valence-electron chi connectivity index (χ4n) is 2.27.